The van der Waals surface area contributed by atoms with Crippen LogP contribution in [0.3, 0.4) is 0 Å². The first-order valence-corrected chi connectivity index (χ1v) is 16.0. The van der Waals surface area contributed by atoms with Crippen molar-refractivity contribution >= 4 is 11.9 Å². The number of alkyl halides is 30. The van der Waals surface area contributed by atoms with Gasteiger partial charge < -0.3 is 30.7 Å². The van der Waals surface area contributed by atoms with Crippen LogP contribution in [-0.4, -0.2) is 146 Å². The highest BCUT2D eigenvalue weighted by Crippen LogP contribution is 2.69. The average Bonchev–Trinajstić information content (AvgIpc) is 3.45. The minimum absolute atomic E-state index is 0.208. The summed E-state index contributed by atoms with van der Waals surface area (Å²) in [5, 5.41) is 19.7. The van der Waals surface area contributed by atoms with Gasteiger partial charge in [0.2, 0.25) is 0 Å². The smallest absolute Gasteiger partial charge is 0.407 e. The first kappa shape index (κ1) is 58.9. The molecule has 5 N–H and O–H groups in total. The van der Waals surface area contributed by atoms with Crippen molar-refractivity contribution in [1.29, 1.82) is 0 Å². The molecule has 2 heterocycles. The van der Waals surface area contributed by atoms with Crippen LogP contribution < -0.4 is 16.7 Å². The van der Waals surface area contributed by atoms with Crippen molar-refractivity contribution in [3.8, 4) is 0 Å². The second-order valence-corrected chi connectivity index (χ2v) is 13.6. The predicted octanol–water partition coefficient (Wildman–Crippen LogP) is 7.72. The molecule has 1 aliphatic heterocycles. The fourth-order valence-corrected chi connectivity index (χ4v) is 4.97. The number of aliphatic hydroxyl groups is 2. The molecule has 4 atom stereocenters. The van der Waals surface area contributed by atoms with Crippen LogP contribution in [0, 0.1) is 0 Å². The van der Waals surface area contributed by atoms with Crippen LogP contribution in [0.4, 0.5) is 142 Å². The quantitative estimate of drug-likeness (QED) is 0.103. The summed E-state index contributed by atoms with van der Waals surface area (Å²) < 4.78 is 429. The van der Waals surface area contributed by atoms with E-state index in [1.54, 1.807) is 0 Å². The van der Waals surface area contributed by atoms with Crippen LogP contribution in [0.1, 0.15) is 13.2 Å². The molecule has 40 heteroatoms. The van der Waals surface area contributed by atoms with E-state index in [0.29, 0.717) is 6.20 Å². The van der Waals surface area contributed by atoms with E-state index in [4.69, 9.17) is 10.5 Å². The third kappa shape index (κ3) is 7.92. The SMILES string of the molecule is CC(F)(F)C(F)(F)C(F)(F)C(F)(F)C(F)(F)C(F)(F)C(F)(F)C(F)(F)C(F)(F)C(F)(F)C(F)(F)C(F)(F)C(F)(F)C(F)(F)C(F)(F)CNC(=O)OC1C(O)C(CO)OC1n1ccc(N)nc1=O. The van der Waals surface area contributed by atoms with Crippen molar-refractivity contribution < 1.29 is 156 Å². The van der Waals surface area contributed by atoms with E-state index in [-0.39, 0.29) is 9.88 Å². The molecule has 0 radical (unpaired) electrons. The summed E-state index contributed by atoms with van der Waals surface area (Å²) in [5.74, 6) is -139. The van der Waals surface area contributed by atoms with Crippen molar-refractivity contribution in [2.24, 2.45) is 0 Å². The van der Waals surface area contributed by atoms with Crippen molar-refractivity contribution in [2.75, 3.05) is 18.9 Å². The van der Waals surface area contributed by atoms with E-state index in [2.05, 4.69) is 9.72 Å². The molecule has 0 aliphatic carbocycles. The highest BCUT2D eigenvalue weighted by Gasteiger charge is 3.01. The maximum Gasteiger partial charge on any atom is 0.407 e. The van der Waals surface area contributed by atoms with Gasteiger partial charge in [0.1, 0.15) is 18.0 Å². The van der Waals surface area contributed by atoms with E-state index in [1.165, 1.54) is 0 Å². The number of hydrogen-bond donors (Lipinski definition) is 4. The molecule has 1 saturated heterocycles. The zero-order valence-corrected chi connectivity index (χ0v) is 30.7. The van der Waals surface area contributed by atoms with Gasteiger partial charge in [-0.1, -0.05) is 0 Å². The van der Waals surface area contributed by atoms with Gasteiger partial charge in [0.15, 0.2) is 12.3 Å². The van der Waals surface area contributed by atoms with E-state index >= 15 is 0 Å². The molecule has 1 aliphatic rings. The zero-order valence-electron chi connectivity index (χ0n) is 30.7. The Morgan fingerprint density at radius 1 is 0.627 bits per heavy atom. The van der Waals surface area contributed by atoms with Gasteiger partial charge in [-0.15, -0.1) is 0 Å². The van der Waals surface area contributed by atoms with E-state index in [9.17, 15) is 152 Å². The molecule has 1 aromatic rings. The molecule has 0 spiro atoms. The number of aliphatic hydroxyl groups excluding tert-OH is 2. The molecule has 10 nitrogen and oxygen atoms in total. The summed E-state index contributed by atoms with van der Waals surface area (Å²) in [5.41, 5.74) is 3.68. The summed E-state index contributed by atoms with van der Waals surface area (Å²) in [7, 11) is 0. The number of halogens is 30. The topological polar surface area (TPSA) is 149 Å². The highest BCUT2D eigenvalue weighted by molar-refractivity contribution is 5.67. The van der Waals surface area contributed by atoms with Crippen molar-refractivity contribution in [1.82, 2.24) is 14.9 Å². The first-order valence-electron chi connectivity index (χ1n) is 16.0. The van der Waals surface area contributed by atoms with Crippen LogP contribution in [0.25, 0.3) is 0 Å². The number of ether oxygens (including phenoxy) is 2. The fourth-order valence-electron chi connectivity index (χ4n) is 4.97. The summed E-state index contributed by atoms with van der Waals surface area (Å²) >= 11 is 0. The van der Waals surface area contributed by atoms with Gasteiger partial charge in [0, 0.05) is 13.1 Å². The van der Waals surface area contributed by atoms with Crippen molar-refractivity contribution in [3.63, 3.8) is 0 Å². The minimum Gasteiger partial charge on any atom is -0.439 e. The maximum absolute atomic E-state index is 14.4. The summed E-state index contributed by atoms with van der Waals surface area (Å²) in [6.45, 7) is -6.75. The number of rotatable bonds is 19. The maximum atomic E-state index is 14.4. The molecular formula is C27H18F30N4O6. The van der Waals surface area contributed by atoms with Gasteiger partial charge in [0.25, 0.3) is 0 Å². The molecule has 1 amide bonds. The largest absolute Gasteiger partial charge is 0.439 e. The Morgan fingerprint density at radius 2 is 0.940 bits per heavy atom. The van der Waals surface area contributed by atoms with E-state index in [0.717, 1.165) is 6.07 Å². The fraction of sp³-hybridized carbons (Fsp3) is 0.815. The zero-order chi connectivity index (χ0) is 53.8. The Kier molecular flexibility index (Phi) is 14.4. The molecule has 0 aromatic carbocycles. The summed E-state index contributed by atoms with van der Waals surface area (Å²) in [6.07, 6.45) is -11.5. The predicted molar refractivity (Wildman–Crippen MR) is 148 cm³/mol. The Labute approximate surface area is 345 Å². The molecule has 1 aromatic heterocycles. The minimum atomic E-state index is -10.1. The lowest BCUT2D eigenvalue weighted by molar-refractivity contribution is -0.487. The summed E-state index contributed by atoms with van der Waals surface area (Å²) in [4.78, 5) is 27.3. The lowest BCUT2D eigenvalue weighted by Crippen LogP contribution is -2.79. The van der Waals surface area contributed by atoms with Gasteiger partial charge in [-0.3, -0.25) is 4.57 Å². The van der Waals surface area contributed by atoms with Gasteiger partial charge in [-0.05, 0) is 6.07 Å². The monoisotopic (exact) mass is 1060 g/mol. The van der Waals surface area contributed by atoms with Gasteiger partial charge in [0.05, 0.1) is 13.2 Å². The van der Waals surface area contributed by atoms with E-state index in [1.807, 2.05) is 0 Å². The Morgan fingerprint density at radius 3 is 1.24 bits per heavy atom. The Hall–Kier alpha value is -4.27. The van der Waals surface area contributed by atoms with E-state index < -0.39 is 151 Å². The standard InChI is InChI=1S/C27H18F30N4O6/c1-13(28,29)15(32,33)17(36,37)19(40,41)21(44,45)23(48,49)25(52,53)27(56,57)26(54,55)24(50,51)22(46,47)20(42,43)18(38,39)16(34,35)14(30,31)5-59-12(65)67-9-8(63)6(4-62)66-10(9)61-3-2-7(58)60-11(61)64/h2-3,6,8-10,62-63H,4-5H2,1H3,(H,59,65)(H2,58,60,64). The number of nitrogens with one attached hydrogen (secondary N) is 1. The third-order valence-corrected chi connectivity index (χ3v) is 9.06. The number of amides is 1. The molecular weight excluding hydrogens is 1050 g/mol. The second-order valence-electron chi connectivity index (χ2n) is 13.6. The number of alkyl carbamates (subject to hydrolysis) is 1. The first-order chi connectivity index (χ1) is 29.1. The molecule has 4 unspecified atom stereocenters. The number of nitrogen functional groups attached to an aromatic ring is 1. The van der Waals surface area contributed by atoms with Crippen LogP contribution in [0.5, 0.6) is 0 Å². The van der Waals surface area contributed by atoms with Crippen LogP contribution >= 0.6 is 0 Å². The number of anilines is 1. The molecule has 0 saturated carbocycles. The van der Waals surface area contributed by atoms with Gasteiger partial charge >= 0.3 is 101 Å². The van der Waals surface area contributed by atoms with Crippen molar-refractivity contribution in [3.05, 3.63) is 22.7 Å². The third-order valence-electron chi connectivity index (χ3n) is 9.06. The Bertz CT molecular complexity index is 2040. The molecule has 1 fully saturated rings. The number of nitrogens with zero attached hydrogens (tertiary/aromatic N) is 2. The number of carbonyl (C=O) groups is 1. The van der Waals surface area contributed by atoms with Crippen molar-refractivity contribution in [2.45, 2.75) is 120 Å². The lowest BCUT2D eigenvalue weighted by Gasteiger charge is -2.46. The molecule has 392 valence electrons. The van der Waals surface area contributed by atoms with Gasteiger partial charge in [-0.2, -0.15) is 137 Å². The van der Waals surface area contributed by atoms with Gasteiger partial charge in [-0.25, -0.2) is 9.59 Å². The van der Waals surface area contributed by atoms with Crippen LogP contribution in [0.2, 0.25) is 0 Å². The average molecular weight is 1060 g/mol. The second kappa shape index (κ2) is 16.4. The Balaban J connectivity index is 2.59. The van der Waals surface area contributed by atoms with Crippen LogP contribution in [0.15, 0.2) is 17.1 Å². The normalized spacial score (nSPS) is 21.1. The lowest BCUT2D eigenvalue weighted by atomic mass is 9.83. The number of nitrogens with two attached hydrogens (primary N) is 1. The molecule has 2 rings (SSSR count). The highest BCUT2D eigenvalue weighted by atomic mass is 19.4. The number of hydrogen-bond acceptors (Lipinski definition) is 8. The number of aromatic nitrogens is 2. The molecule has 67 heavy (non-hydrogen) atoms. The van der Waals surface area contributed by atoms with Crippen LogP contribution in [-0.2, 0) is 9.47 Å². The number of carbonyl (C=O) groups excluding carboxylic acids is 1. The molecule has 0 bridgehead atoms. The summed E-state index contributed by atoms with van der Waals surface area (Å²) in [6, 6.07) is 0.744.